The Balaban J connectivity index is 2.50. The topological polar surface area (TPSA) is 74.7 Å². The van der Waals surface area contributed by atoms with Crippen molar-refractivity contribution in [3.8, 4) is 0 Å². The molecular formula is C12H9F2NO4S2. The molecule has 0 bridgehead atoms. The Kier molecular flexibility index (Phi) is 3.97. The Bertz CT molecular complexity index is 781. The SMILES string of the molecule is CN(c1c(F)cccc1F)S(=O)(=O)c1csc(C(=O)O)c1. The van der Waals surface area contributed by atoms with Crippen LogP contribution >= 0.6 is 11.3 Å². The van der Waals surface area contributed by atoms with Gasteiger partial charge in [0.25, 0.3) is 10.0 Å². The number of sulfonamides is 1. The molecule has 0 saturated carbocycles. The van der Waals surface area contributed by atoms with Crippen molar-refractivity contribution in [1.29, 1.82) is 0 Å². The Labute approximate surface area is 123 Å². The maximum atomic E-state index is 13.6. The van der Waals surface area contributed by atoms with Gasteiger partial charge in [0.05, 0.1) is 4.90 Å². The van der Waals surface area contributed by atoms with E-state index in [-0.39, 0.29) is 9.77 Å². The normalized spacial score (nSPS) is 11.4. The van der Waals surface area contributed by atoms with Crippen LogP contribution in [0.2, 0.25) is 0 Å². The molecule has 2 aromatic rings. The lowest BCUT2D eigenvalue weighted by Gasteiger charge is -2.19. The number of nitrogens with zero attached hydrogens (tertiary/aromatic N) is 1. The van der Waals surface area contributed by atoms with Crippen LogP contribution in [-0.2, 0) is 10.0 Å². The molecule has 0 aliphatic rings. The van der Waals surface area contributed by atoms with Gasteiger partial charge in [0.1, 0.15) is 10.6 Å². The molecule has 0 saturated heterocycles. The lowest BCUT2D eigenvalue weighted by atomic mass is 10.3. The average Bonchev–Trinajstić information content (AvgIpc) is 2.88. The first kappa shape index (κ1) is 15.4. The number of para-hydroxylation sites is 1. The number of hydrogen-bond donors (Lipinski definition) is 1. The minimum atomic E-state index is -4.25. The van der Waals surface area contributed by atoms with Crippen molar-refractivity contribution in [1.82, 2.24) is 0 Å². The van der Waals surface area contributed by atoms with E-state index in [2.05, 4.69) is 0 Å². The number of benzene rings is 1. The number of aromatic carboxylic acids is 1. The smallest absolute Gasteiger partial charge is 0.345 e. The van der Waals surface area contributed by atoms with Crippen molar-refractivity contribution in [2.45, 2.75) is 4.90 Å². The fourth-order valence-corrected chi connectivity index (χ4v) is 3.94. The summed E-state index contributed by atoms with van der Waals surface area (Å²) in [6.45, 7) is 0. The Morgan fingerprint density at radius 1 is 1.29 bits per heavy atom. The van der Waals surface area contributed by atoms with E-state index in [0.29, 0.717) is 15.6 Å². The number of carboxylic acids is 1. The number of rotatable bonds is 4. The minimum absolute atomic E-state index is 0.184. The summed E-state index contributed by atoms with van der Waals surface area (Å²) < 4.78 is 52.3. The molecule has 1 heterocycles. The maximum Gasteiger partial charge on any atom is 0.345 e. The van der Waals surface area contributed by atoms with Crippen molar-refractivity contribution in [3.63, 3.8) is 0 Å². The van der Waals surface area contributed by atoms with E-state index in [1.54, 1.807) is 0 Å². The zero-order valence-electron chi connectivity index (χ0n) is 10.6. The van der Waals surface area contributed by atoms with Crippen molar-refractivity contribution < 1.29 is 27.1 Å². The molecule has 5 nitrogen and oxygen atoms in total. The van der Waals surface area contributed by atoms with Gasteiger partial charge in [-0.05, 0) is 18.2 Å². The average molecular weight is 333 g/mol. The molecule has 0 spiro atoms. The third-order valence-electron chi connectivity index (χ3n) is 2.70. The van der Waals surface area contributed by atoms with Crippen LogP contribution < -0.4 is 4.31 Å². The predicted molar refractivity (Wildman–Crippen MR) is 73.2 cm³/mol. The van der Waals surface area contributed by atoms with Gasteiger partial charge >= 0.3 is 5.97 Å². The molecule has 0 atom stereocenters. The van der Waals surface area contributed by atoms with E-state index in [0.717, 1.165) is 36.7 Å². The first-order chi connectivity index (χ1) is 9.75. The summed E-state index contributed by atoms with van der Waals surface area (Å²) >= 11 is 0.713. The number of hydrogen-bond acceptors (Lipinski definition) is 4. The van der Waals surface area contributed by atoms with Crippen molar-refractivity contribution in [2.24, 2.45) is 0 Å². The van der Waals surface area contributed by atoms with Crippen molar-refractivity contribution >= 4 is 33.0 Å². The highest BCUT2D eigenvalue weighted by molar-refractivity contribution is 7.93. The second-order valence-corrected chi connectivity index (χ2v) is 6.88. The zero-order chi connectivity index (χ0) is 15.8. The van der Waals surface area contributed by atoms with Crippen LogP contribution in [0.1, 0.15) is 9.67 Å². The third-order valence-corrected chi connectivity index (χ3v) is 5.50. The third kappa shape index (κ3) is 2.74. The van der Waals surface area contributed by atoms with Gasteiger partial charge in [-0.2, -0.15) is 0 Å². The molecule has 21 heavy (non-hydrogen) atoms. The molecule has 112 valence electrons. The Morgan fingerprint density at radius 3 is 2.33 bits per heavy atom. The highest BCUT2D eigenvalue weighted by Gasteiger charge is 2.27. The minimum Gasteiger partial charge on any atom is -0.477 e. The van der Waals surface area contributed by atoms with Gasteiger partial charge in [-0.15, -0.1) is 11.3 Å². The number of carbonyl (C=O) groups is 1. The molecule has 1 aromatic heterocycles. The largest absolute Gasteiger partial charge is 0.477 e. The van der Waals surface area contributed by atoms with Crippen LogP contribution in [0.3, 0.4) is 0 Å². The van der Waals surface area contributed by atoms with Gasteiger partial charge in [0, 0.05) is 12.4 Å². The molecule has 1 aromatic carbocycles. The fraction of sp³-hybridized carbons (Fsp3) is 0.0833. The lowest BCUT2D eigenvalue weighted by molar-refractivity contribution is 0.0702. The van der Waals surface area contributed by atoms with Crippen LogP contribution in [0.5, 0.6) is 0 Å². The highest BCUT2D eigenvalue weighted by atomic mass is 32.2. The summed E-state index contributed by atoms with van der Waals surface area (Å²) in [7, 11) is -3.25. The second-order valence-electron chi connectivity index (χ2n) is 3.99. The molecular weight excluding hydrogens is 324 g/mol. The Morgan fingerprint density at radius 2 is 1.86 bits per heavy atom. The molecule has 0 aliphatic carbocycles. The standard InChI is InChI=1S/C12H9F2NO4S2/c1-15(11-8(13)3-2-4-9(11)14)21(18,19)7-5-10(12(16)17)20-6-7/h2-6H,1H3,(H,16,17). The summed E-state index contributed by atoms with van der Waals surface area (Å²) in [4.78, 5) is 10.2. The maximum absolute atomic E-state index is 13.6. The quantitative estimate of drug-likeness (QED) is 0.933. The first-order valence-electron chi connectivity index (χ1n) is 5.50. The molecule has 1 N–H and O–H groups in total. The molecule has 0 radical (unpaired) electrons. The van der Waals surface area contributed by atoms with E-state index in [9.17, 15) is 22.0 Å². The number of carboxylic acid groups (broad SMARTS) is 1. The number of halogens is 2. The molecule has 0 aliphatic heterocycles. The monoisotopic (exact) mass is 333 g/mol. The van der Waals surface area contributed by atoms with E-state index in [1.807, 2.05) is 0 Å². The highest BCUT2D eigenvalue weighted by Crippen LogP contribution is 2.29. The van der Waals surface area contributed by atoms with Crippen LogP contribution in [0.15, 0.2) is 34.5 Å². The number of anilines is 1. The zero-order valence-corrected chi connectivity index (χ0v) is 12.2. The summed E-state index contributed by atoms with van der Waals surface area (Å²) in [6.07, 6.45) is 0. The molecule has 9 heteroatoms. The van der Waals surface area contributed by atoms with Crippen LogP contribution in [0.25, 0.3) is 0 Å². The molecule has 0 amide bonds. The first-order valence-corrected chi connectivity index (χ1v) is 7.82. The van der Waals surface area contributed by atoms with Gasteiger partial charge in [-0.25, -0.2) is 22.0 Å². The van der Waals surface area contributed by atoms with E-state index in [1.165, 1.54) is 0 Å². The van der Waals surface area contributed by atoms with Crippen molar-refractivity contribution in [2.75, 3.05) is 11.4 Å². The molecule has 0 unspecified atom stereocenters. The van der Waals surface area contributed by atoms with Gasteiger partial charge < -0.3 is 5.11 Å². The van der Waals surface area contributed by atoms with E-state index < -0.39 is 33.3 Å². The predicted octanol–water partition coefficient (Wildman–Crippen LogP) is 2.55. The molecule has 0 fully saturated rings. The summed E-state index contributed by atoms with van der Waals surface area (Å²) in [5.74, 6) is -3.34. The lowest BCUT2D eigenvalue weighted by Crippen LogP contribution is -2.28. The van der Waals surface area contributed by atoms with Crippen LogP contribution in [0, 0.1) is 11.6 Å². The van der Waals surface area contributed by atoms with Gasteiger partial charge in [0.15, 0.2) is 11.6 Å². The molecule has 2 rings (SSSR count). The van der Waals surface area contributed by atoms with E-state index in [4.69, 9.17) is 5.11 Å². The van der Waals surface area contributed by atoms with E-state index >= 15 is 0 Å². The Hall–Kier alpha value is -2.00. The van der Waals surface area contributed by atoms with Gasteiger partial charge in [-0.3, -0.25) is 4.31 Å². The summed E-state index contributed by atoms with van der Waals surface area (Å²) in [5, 5.41) is 9.89. The van der Waals surface area contributed by atoms with Gasteiger partial charge in [-0.1, -0.05) is 6.07 Å². The summed E-state index contributed by atoms with van der Waals surface area (Å²) in [5.41, 5.74) is -0.722. The van der Waals surface area contributed by atoms with Gasteiger partial charge in [0.2, 0.25) is 0 Å². The number of thiophene rings is 1. The summed E-state index contributed by atoms with van der Waals surface area (Å²) in [6, 6.07) is 3.92. The van der Waals surface area contributed by atoms with Crippen LogP contribution in [0.4, 0.5) is 14.5 Å². The fourth-order valence-electron chi connectivity index (χ4n) is 1.63. The van der Waals surface area contributed by atoms with Crippen molar-refractivity contribution in [3.05, 3.63) is 46.2 Å². The van der Waals surface area contributed by atoms with Crippen LogP contribution in [-0.4, -0.2) is 26.5 Å². The second kappa shape index (κ2) is 5.41.